The van der Waals surface area contributed by atoms with E-state index in [0.29, 0.717) is 22.1 Å². The lowest BCUT2D eigenvalue weighted by Crippen LogP contribution is -2.14. The van der Waals surface area contributed by atoms with Crippen LogP contribution in [-0.4, -0.2) is 28.6 Å². The van der Waals surface area contributed by atoms with Crippen molar-refractivity contribution < 1.29 is 24.2 Å². The second kappa shape index (κ2) is 13.3. The highest BCUT2D eigenvalue weighted by molar-refractivity contribution is 14.1. The Morgan fingerprint density at radius 3 is 2.38 bits per heavy atom. The summed E-state index contributed by atoms with van der Waals surface area (Å²) in [5.41, 5.74) is 2.84. The molecule has 6 nitrogen and oxygen atoms in total. The molecule has 0 saturated carbocycles. The van der Waals surface area contributed by atoms with Crippen molar-refractivity contribution in [2.75, 3.05) is 6.61 Å². The molecule has 0 radical (unpaired) electrons. The number of halogens is 3. The van der Waals surface area contributed by atoms with E-state index >= 15 is 0 Å². The van der Waals surface area contributed by atoms with Gasteiger partial charge in [-0.05, 0) is 112 Å². The first-order valence-corrected chi connectivity index (χ1v) is 15.1. The molecule has 0 bridgehead atoms. The maximum Gasteiger partial charge on any atom is 0.344 e. The minimum atomic E-state index is -0.739. The second-order valence-electron chi connectivity index (χ2n) is 8.32. The highest BCUT2D eigenvalue weighted by Crippen LogP contribution is 2.40. The lowest BCUT2D eigenvalue weighted by molar-refractivity contribution is -0.138. The van der Waals surface area contributed by atoms with Crippen molar-refractivity contribution in [1.29, 1.82) is 0 Å². The van der Waals surface area contributed by atoms with E-state index < -0.39 is 11.9 Å². The molecule has 200 valence electrons. The summed E-state index contributed by atoms with van der Waals surface area (Å²) >= 11 is 11.4. The number of rotatable bonds is 7. The van der Waals surface area contributed by atoms with Gasteiger partial charge in [0.05, 0.1) is 18.7 Å². The van der Waals surface area contributed by atoms with Crippen molar-refractivity contribution in [1.82, 2.24) is 0 Å². The van der Waals surface area contributed by atoms with Crippen LogP contribution in [-0.2, 0) is 16.1 Å². The van der Waals surface area contributed by atoms with Gasteiger partial charge in [-0.2, -0.15) is 0 Å². The van der Waals surface area contributed by atoms with E-state index in [-0.39, 0.29) is 23.0 Å². The standard InChI is InChI=1S/C29H22ClI2NO5S/c1-3-37-29(36)24-25(34)23(39-28(24)33-27(35)20-7-5-4-6-16(20)2)14-18-12-21(31)26(22(32)13-18)38-15-17-8-10-19(30)11-9-17/h4-14,34H,3,15H2,1-2H3/b23-14-,33-28?. The van der Waals surface area contributed by atoms with E-state index in [1.165, 1.54) is 0 Å². The Morgan fingerprint density at radius 1 is 1.08 bits per heavy atom. The van der Waals surface area contributed by atoms with E-state index in [9.17, 15) is 14.7 Å². The monoisotopic (exact) mass is 785 g/mol. The van der Waals surface area contributed by atoms with Crippen LogP contribution >= 0.6 is 68.5 Å². The van der Waals surface area contributed by atoms with Crippen LogP contribution in [0.15, 0.2) is 81.9 Å². The summed E-state index contributed by atoms with van der Waals surface area (Å²) in [5.74, 6) is -0.775. The number of hydrogen-bond donors (Lipinski definition) is 1. The van der Waals surface area contributed by atoms with Crippen LogP contribution in [0.2, 0.25) is 5.02 Å². The molecule has 39 heavy (non-hydrogen) atoms. The Morgan fingerprint density at radius 2 is 1.74 bits per heavy atom. The normalized spacial score (nSPS) is 15.2. The van der Waals surface area contributed by atoms with E-state index in [4.69, 9.17) is 21.1 Å². The molecule has 1 aliphatic rings. The fourth-order valence-electron chi connectivity index (χ4n) is 3.65. The Hall–Kier alpha value is -2.35. The summed E-state index contributed by atoms with van der Waals surface area (Å²) < 4.78 is 13.0. The van der Waals surface area contributed by atoms with Gasteiger partial charge in [0.2, 0.25) is 0 Å². The number of ether oxygens (including phenoxy) is 2. The molecule has 0 fully saturated rings. The highest BCUT2D eigenvalue weighted by Gasteiger charge is 2.34. The number of benzene rings is 3. The molecule has 1 aliphatic heterocycles. The number of aryl methyl sites for hydroxylation is 1. The van der Waals surface area contributed by atoms with Crippen molar-refractivity contribution in [3.05, 3.63) is 111 Å². The van der Waals surface area contributed by atoms with Crippen LogP contribution in [0.5, 0.6) is 5.75 Å². The van der Waals surface area contributed by atoms with Crippen LogP contribution in [0.3, 0.4) is 0 Å². The van der Waals surface area contributed by atoms with Gasteiger partial charge >= 0.3 is 5.97 Å². The topological polar surface area (TPSA) is 85.2 Å². The second-order valence-corrected chi connectivity index (χ2v) is 12.1. The van der Waals surface area contributed by atoms with Crippen molar-refractivity contribution in [3.8, 4) is 5.75 Å². The summed E-state index contributed by atoms with van der Waals surface area (Å²) in [6.45, 7) is 3.99. The van der Waals surface area contributed by atoms with Crippen LogP contribution in [0.4, 0.5) is 0 Å². The molecule has 0 atom stereocenters. The third-order valence-electron chi connectivity index (χ3n) is 5.56. The van der Waals surface area contributed by atoms with E-state index in [2.05, 4.69) is 50.2 Å². The molecular formula is C29H22ClI2NO5S. The van der Waals surface area contributed by atoms with Crippen molar-refractivity contribution in [2.24, 2.45) is 4.99 Å². The smallest absolute Gasteiger partial charge is 0.344 e. The van der Waals surface area contributed by atoms with Crippen LogP contribution in [0, 0.1) is 14.1 Å². The lowest BCUT2D eigenvalue weighted by Gasteiger charge is -2.12. The first-order valence-electron chi connectivity index (χ1n) is 11.7. The van der Waals surface area contributed by atoms with Crippen molar-refractivity contribution >= 4 is 91.5 Å². The molecule has 0 saturated heterocycles. The molecule has 0 aliphatic carbocycles. The lowest BCUT2D eigenvalue weighted by atomic mass is 10.1. The van der Waals surface area contributed by atoms with E-state index in [1.807, 2.05) is 55.5 Å². The van der Waals surface area contributed by atoms with Crippen molar-refractivity contribution in [3.63, 3.8) is 0 Å². The number of thioether (sulfide) groups is 1. The van der Waals surface area contributed by atoms with E-state index in [1.54, 1.807) is 25.1 Å². The number of hydrogen-bond acceptors (Lipinski definition) is 6. The summed E-state index contributed by atoms with van der Waals surface area (Å²) in [5, 5.41) is 11.8. The van der Waals surface area contributed by atoms with Crippen LogP contribution in [0.1, 0.15) is 34.0 Å². The zero-order chi connectivity index (χ0) is 28.1. The molecule has 0 unspecified atom stereocenters. The van der Waals surface area contributed by atoms with Gasteiger partial charge in [-0.15, -0.1) is 0 Å². The number of aliphatic hydroxyl groups is 1. The van der Waals surface area contributed by atoms with Crippen molar-refractivity contribution in [2.45, 2.75) is 20.5 Å². The van der Waals surface area contributed by atoms with Gasteiger partial charge in [0.25, 0.3) is 5.91 Å². The minimum Gasteiger partial charge on any atom is -0.506 e. The molecule has 1 N–H and O–H groups in total. The quantitative estimate of drug-likeness (QED) is 0.193. The third kappa shape index (κ3) is 7.24. The number of nitrogens with zero attached hydrogens (tertiary/aromatic N) is 1. The Labute approximate surface area is 262 Å². The fraction of sp³-hybridized carbons (Fsp3) is 0.138. The maximum atomic E-state index is 12.9. The zero-order valence-electron chi connectivity index (χ0n) is 20.8. The van der Waals surface area contributed by atoms with Gasteiger partial charge in [-0.1, -0.05) is 53.7 Å². The van der Waals surface area contributed by atoms with Gasteiger partial charge in [0, 0.05) is 10.6 Å². The summed E-state index contributed by atoms with van der Waals surface area (Å²) in [7, 11) is 0. The number of aliphatic hydroxyl groups excluding tert-OH is 1. The fourth-order valence-corrected chi connectivity index (χ4v) is 6.91. The number of amides is 1. The average Bonchev–Trinajstić information content (AvgIpc) is 3.19. The molecule has 0 spiro atoms. The largest absolute Gasteiger partial charge is 0.506 e. The number of carbonyl (C=O) groups is 2. The van der Waals surface area contributed by atoms with E-state index in [0.717, 1.165) is 41.3 Å². The predicted octanol–water partition coefficient (Wildman–Crippen LogP) is 8.14. The molecule has 4 rings (SSSR count). The van der Waals surface area contributed by atoms with Gasteiger partial charge in [-0.3, -0.25) is 4.79 Å². The Balaban J connectivity index is 1.63. The van der Waals surface area contributed by atoms with Gasteiger partial charge < -0.3 is 14.6 Å². The maximum absolute atomic E-state index is 12.9. The van der Waals surface area contributed by atoms with Gasteiger partial charge in [0.1, 0.15) is 28.7 Å². The van der Waals surface area contributed by atoms with Gasteiger partial charge in [-0.25, -0.2) is 9.79 Å². The first kappa shape index (κ1) is 29.6. The number of aliphatic imine (C=N–C) groups is 1. The molecule has 0 aromatic heterocycles. The van der Waals surface area contributed by atoms with Crippen LogP contribution < -0.4 is 4.74 Å². The third-order valence-corrected chi connectivity index (χ3v) is 8.44. The average molecular weight is 786 g/mol. The first-order chi connectivity index (χ1) is 18.7. The molecular weight excluding hydrogens is 764 g/mol. The highest BCUT2D eigenvalue weighted by atomic mass is 127. The summed E-state index contributed by atoms with van der Waals surface area (Å²) in [4.78, 5) is 30.2. The van der Waals surface area contributed by atoms with Crippen LogP contribution in [0.25, 0.3) is 6.08 Å². The predicted molar refractivity (Wildman–Crippen MR) is 172 cm³/mol. The molecule has 1 amide bonds. The Kier molecular flexibility index (Phi) is 10.1. The molecule has 3 aromatic rings. The summed E-state index contributed by atoms with van der Waals surface area (Å²) in [6.07, 6.45) is 1.74. The SMILES string of the molecule is CCOC(=O)C1=C(O)/C(=C/c2cc(I)c(OCc3ccc(Cl)cc3)c(I)c2)SC1=NC(=O)c1ccccc1C. The minimum absolute atomic E-state index is 0.0952. The number of carbonyl (C=O) groups excluding carboxylic acids is 2. The summed E-state index contributed by atoms with van der Waals surface area (Å²) in [6, 6.07) is 18.4. The van der Waals surface area contributed by atoms with Gasteiger partial charge in [0.15, 0.2) is 0 Å². The molecule has 1 heterocycles. The number of esters is 1. The zero-order valence-corrected chi connectivity index (χ0v) is 26.7. The molecule has 10 heteroatoms. The molecule has 3 aromatic carbocycles. The Bertz CT molecular complexity index is 1510.